The quantitative estimate of drug-likeness (QED) is 0.355. The summed E-state index contributed by atoms with van der Waals surface area (Å²) in [4.78, 5) is 23.6. The zero-order valence-corrected chi connectivity index (χ0v) is 17.4. The summed E-state index contributed by atoms with van der Waals surface area (Å²) in [5, 5.41) is 17.0. The van der Waals surface area contributed by atoms with Crippen molar-refractivity contribution < 1.29 is 9.59 Å². The molecule has 0 aliphatic carbocycles. The Labute approximate surface area is 181 Å². The van der Waals surface area contributed by atoms with Crippen molar-refractivity contribution in [3.63, 3.8) is 0 Å². The molecule has 0 unspecified atom stereocenters. The molecule has 30 heavy (non-hydrogen) atoms. The van der Waals surface area contributed by atoms with Crippen molar-refractivity contribution in [1.29, 1.82) is 0 Å². The zero-order valence-electron chi connectivity index (χ0n) is 15.9. The third-order valence-corrected chi connectivity index (χ3v) is 5.44. The van der Waals surface area contributed by atoms with Crippen molar-refractivity contribution in [2.45, 2.75) is 11.9 Å². The Morgan fingerprint density at radius 1 is 1.00 bits per heavy atom. The Hall–Kier alpha value is -3.23. The van der Waals surface area contributed by atoms with Crippen LogP contribution in [0.1, 0.15) is 17.3 Å². The Morgan fingerprint density at radius 3 is 2.43 bits per heavy atom. The minimum Gasteiger partial charge on any atom is -0.325 e. The molecule has 2 aromatic carbocycles. The van der Waals surface area contributed by atoms with E-state index in [0.717, 1.165) is 5.56 Å². The molecular formula is C21H16ClN5O2S. The van der Waals surface area contributed by atoms with Gasteiger partial charge in [0.15, 0.2) is 17.3 Å². The molecular weight excluding hydrogens is 422 g/mol. The van der Waals surface area contributed by atoms with Gasteiger partial charge in [-0.1, -0.05) is 23.4 Å². The second kappa shape index (κ2) is 8.64. The molecule has 1 amide bonds. The summed E-state index contributed by atoms with van der Waals surface area (Å²) in [5.74, 6) is 0.598. The van der Waals surface area contributed by atoms with Crippen LogP contribution in [0.4, 0.5) is 5.69 Å². The third kappa shape index (κ3) is 4.50. The molecule has 0 spiro atoms. The number of halogens is 1. The number of Topliss-reactive ketones (excluding diaryl/α,β-unsaturated/α-hetero) is 1. The van der Waals surface area contributed by atoms with Gasteiger partial charge in [-0.25, -0.2) is 0 Å². The van der Waals surface area contributed by atoms with E-state index in [1.165, 1.54) is 18.7 Å². The minimum absolute atomic E-state index is 0.0168. The number of thioether (sulfide) groups is 1. The molecule has 150 valence electrons. The first-order chi connectivity index (χ1) is 14.5. The highest BCUT2D eigenvalue weighted by Gasteiger charge is 2.11. The summed E-state index contributed by atoms with van der Waals surface area (Å²) in [6.45, 7) is 1.50. The van der Waals surface area contributed by atoms with Crippen molar-refractivity contribution >= 4 is 46.4 Å². The van der Waals surface area contributed by atoms with Crippen LogP contribution in [0.15, 0.2) is 65.7 Å². The number of hydrogen-bond donors (Lipinski definition) is 1. The monoisotopic (exact) mass is 437 g/mol. The van der Waals surface area contributed by atoms with Crippen LogP contribution in [-0.2, 0) is 4.79 Å². The smallest absolute Gasteiger partial charge is 0.234 e. The summed E-state index contributed by atoms with van der Waals surface area (Å²) in [7, 11) is 0. The number of ketones is 1. The molecule has 9 heteroatoms. The Morgan fingerprint density at radius 2 is 1.73 bits per heavy atom. The van der Waals surface area contributed by atoms with E-state index in [1.807, 2.05) is 12.1 Å². The lowest BCUT2D eigenvalue weighted by molar-refractivity contribution is -0.113. The molecule has 2 aromatic heterocycles. The fourth-order valence-electron chi connectivity index (χ4n) is 2.75. The van der Waals surface area contributed by atoms with E-state index >= 15 is 0 Å². The number of nitrogens with zero attached hydrogens (tertiary/aromatic N) is 4. The molecule has 0 atom stereocenters. The summed E-state index contributed by atoms with van der Waals surface area (Å²) in [6, 6.07) is 17.7. The van der Waals surface area contributed by atoms with E-state index < -0.39 is 0 Å². The van der Waals surface area contributed by atoms with Crippen molar-refractivity contribution in [2.75, 3.05) is 11.1 Å². The number of nitrogens with one attached hydrogen (secondary N) is 1. The van der Waals surface area contributed by atoms with Gasteiger partial charge in [0.2, 0.25) is 5.91 Å². The SMILES string of the molecule is CC(=O)c1ccc(NC(=O)CSc2ccc3nnc(-c4ccc(Cl)cc4)n3n2)cc1. The number of carbonyl (C=O) groups is 2. The third-order valence-electron chi connectivity index (χ3n) is 4.27. The molecule has 4 aromatic rings. The first-order valence-corrected chi connectivity index (χ1v) is 10.4. The molecule has 0 aliphatic rings. The van der Waals surface area contributed by atoms with Gasteiger partial charge in [-0.15, -0.1) is 10.2 Å². The molecule has 0 radical (unpaired) electrons. The van der Waals surface area contributed by atoms with E-state index in [9.17, 15) is 9.59 Å². The zero-order chi connectivity index (χ0) is 21.1. The lowest BCUT2D eigenvalue weighted by Crippen LogP contribution is -2.14. The van der Waals surface area contributed by atoms with E-state index in [4.69, 9.17) is 11.6 Å². The summed E-state index contributed by atoms with van der Waals surface area (Å²) < 4.78 is 1.64. The average molecular weight is 438 g/mol. The molecule has 0 saturated carbocycles. The number of fused-ring (bicyclic) bond motifs is 1. The van der Waals surface area contributed by atoms with Crippen LogP contribution in [0.3, 0.4) is 0 Å². The van der Waals surface area contributed by atoms with Gasteiger partial charge in [0.25, 0.3) is 0 Å². The van der Waals surface area contributed by atoms with Gasteiger partial charge in [-0.2, -0.15) is 9.61 Å². The van der Waals surface area contributed by atoms with Crippen LogP contribution in [0.25, 0.3) is 17.0 Å². The van der Waals surface area contributed by atoms with Gasteiger partial charge < -0.3 is 5.32 Å². The van der Waals surface area contributed by atoms with Gasteiger partial charge in [0.05, 0.1) is 5.75 Å². The standard InChI is InChI=1S/C21H16ClN5O2S/c1-13(28)14-4-8-17(9-5-14)23-19(29)12-30-20-11-10-18-24-25-21(27(18)26-20)15-2-6-16(22)7-3-15/h2-11H,12H2,1H3,(H,23,29). The maximum Gasteiger partial charge on any atom is 0.234 e. The first-order valence-electron chi connectivity index (χ1n) is 9.02. The van der Waals surface area contributed by atoms with Gasteiger partial charge in [0, 0.05) is 21.8 Å². The van der Waals surface area contributed by atoms with Crippen LogP contribution in [0, 0.1) is 0 Å². The lowest BCUT2D eigenvalue weighted by atomic mass is 10.1. The number of anilines is 1. The Bertz CT molecular complexity index is 1220. The summed E-state index contributed by atoms with van der Waals surface area (Å²) in [6.07, 6.45) is 0. The largest absolute Gasteiger partial charge is 0.325 e. The minimum atomic E-state index is -0.167. The average Bonchev–Trinajstić information content (AvgIpc) is 3.16. The molecule has 7 nitrogen and oxygen atoms in total. The number of carbonyl (C=O) groups excluding carboxylic acids is 2. The van der Waals surface area contributed by atoms with Gasteiger partial charge in [0.1, 0.15) is 5.03 Å². The van der Waals surface area contributed by atoms with Crippen LogP contribution in [0.2, 0.25) is 5.02 Å². The van der Waals surface area contributed by atoms with Gasteiger partial charge in [-0.05, 0) is 67.6 Å². The molecule has 1 N–H and O–H groups in total. The van der Waals surface area contributed by atoms with Crippen LogP contribution in [-0.4, -0.2) is 37.3 Å². The number of aromatic nitrogens is 4. The number of hydrogen-bond acceptors (Lipinski definition) is 6. The van der Waals surface area contributed by atoms with E-state index in [0.29, 0.717) is 32.8 Å². The van der Waals surface area contributed by atoms with Crippen molar-refractivity contribution in [3.8, 4) is 11.4 Å². The first kappa shape index (κ1) is 20.1. The Balaban J connectivity index is 1.44. The molecule has 0 bridgehead atoms. The van der Waals surface area contributed by atoms with Crippen LogP contribution in [0.5, 0.6) is 0 Å². The molecule has 0 aliphatic heterocycles. The predicted molar refractivity (Wildman–Crippen MR) is 117 cm³/mol. The van der Waals surface area contributed by atoms with Gasteiger partial charge in [-0.3, -0.25) is 9.59 Å². The number of amides is 1. The second-order valence-corrected chi connectivity index (χ2v) is 7.87. The van der Waals surface area contributed by atoms with Crippen molar-refractivity contribution in [2.24, 2.45) is 0 Å². The van der Waals surface area contributed by atoms with E-state index in [2.05, 4.69) is 20.6 Å². The van der Waals surface area contributed by atoms with E-state index in [-0.39, 0.29) is 17.4 Å². The van der Waals surface area contributed by atoms with Gasteiger partial charge >= 0.3 is 0 Å². The van der Waals surface area contributed by atoms with Crippen molar-refractivity contribution in [3.05, 3.63) is 71.2 Å². The normalized spacial score (nSPS) is 10.9. The molecule has 2 heterocycles. The number of rotatable bonds is 6. The summed E-state index contributed by atoms with van der Waals surface area (Å²) >= 11 is 7.26. The van der Waals surface area contributed by atoms with E-state index in [1.54, 1.807) is 53.0 Å². The fraction of sp³-hybridized carbons (Fsp3) is 0.0952. The fourth-order valence-corrected chi connectivity index (χ4v) is 3.53. The molecule has 0 saturated heterocycles. The lowest BCUT2D eigenvalue weighted by Gasteiger charge is -2.06. The molecule has 0 fully saturated rings. The molecule has 4 rings (SSSR count). The highest BCUT2D eigenvalue weighted by molar-refractivity contribution is 7.99. The maximum absolute atomic E-state index is 12.3. The Kier molecular flexibility index (Phi) is 5.78. The van der Waals surface area contributed by atoms with Crippen LogP contribution < -0.4 is 5.32 Å². The highest BCUT2D eigenvalue weighted by Crippen LogP contribution is 2.22. The second-order valence-electron chi connectivity index (χ2n) is 6.44. The number of benzene rings is 2. The summed E-state index contributed by atoms with van der Waals surface area (Å²) in [5.41, 5.74) is 2.69. The topological polar surface area (TPSA) is 89.2 Å². The van der Waals surface area contributed by atoms with Crippen molar-refractivity contribution in [1.82, 2.24) is 19.8 Å². The van der Waals surface area contributed by atoms with Crippen LogP contribution >= 0.6 is 23.4 Å². The predicted octanol–water partition coefficient (Wildman–Crippen LogP) is 4.38. The maximum atomic E-state index is 12.3. The highest BCUT2D eigenvalue weighted by atomic mass is 35.5.